The molecule has 0 atom stereocenters. The van der Waals surface area contributed by atoms with Gasteiger partial charge < -0.3 is 0 Å². The Bertz CT molecular complexity index is 1300. The summed E-state index contributed by atoms with van der Waals surface area (Å²) in [5.74, 6) is 0. The van der Waals surface area contributed by atoms with E-state index >= 15 is 0 Å². The molecule has 1 aromatic heterocycles. The highest BCUT2D eigenvalue weighted by Gasteiger charge is 2.11. The van der Waals surface area contributed by atoms with E-state index in [4.69, 9.17) is 4.98 Å². The minimum absolute atomic E-state index is 1.01. The lowest BCUT2D eigenvalue weighted by atomic mass is 9.94. The molecule has 0 fully saturated rings. The van der Waals surface area contributed by atoms with Gasteiger partial charge in [-0.3, -0.25) is 4.98 Å². The minimum atomic E-state index is 1.01. The minimum Gasteiger partial charge on any atom is -0.256 e. The number of pyridine rings is 1. The van der Waals surface area contributed by atoms with E-state index in [1.807, 2.05) is 12.3 Å². The van der Waals surface area contributed by atoms with Crippen molar-refractivity contribution in [2.75, 3.05) is 0 Å². The van der Waals surface area contributed by atoms with Gasteiger partial charge in [-0.1, -0.05) is 73.3 Å². The van der Waals surface area contributed by atoms with Crippen LogP contribution in [-0.4, -0.2) is 4.98 Å². The van der Waals surface area contributed by atoms with E-state index in [-0.39, 0.29) is 0 Å². The topological polar surface area (TPSA) is 12.9 Å². The van der Waals surface area contributed by atoms with E-state index in [2.05, 4.69) is 85.4 Å². The predicted octanol–water partition coefficient (Wildman–Crippen LogP) is 6.85. The Morgan fingerprint density at radius 3 is 2.19 bits per heavy atom. The highest BCUT2D eigenvalue weighted by atomic mass is 14.7. The van der Waals surface area contributed by atoms with Crippen molar-refractivity contribution in [2.24, 2.45) is 0 Å². The molecule has 1 nitrogen and oxygen atoms in total. The van der Waals surface area contributed by atoms with E-state index in [0.29, 0.717) is 0 Å². The van der Waals surface area contributed by atoms with Gasteiger partial charge in [-0.25, -0.2) is 0 Å². The zero-order chi connectivity index (χ0) is 17.5. The van der Waals surface area contributed by atoms with Gasteiger partial charge in [0.15, 0.2) is 0 Å². The van der Waals surface area contributed by atoms with E-state index in [1.165, 1.54) is 32.3 Å². The Labute approximate surface area is 152 Å². The lowest BCUT2D eigenvalue weighted by Gasteiger charge is -2.12. The fraction of sp³-hybridized carbons (Fsp3) is 0. The zero-order valence-electron chi connectivity index (χ0n) is 14.3. The molecule has 5 rings (SSSR count). The molecule has 0 aliphatic rings. The lowest BCUT2D eigenvalue weighted by molar-refractivity contribution is 1.36. The van der Waals surface area contributed by atoms with Crippen LogP contribution < -0.4 is 0 Å². The summed E-state index contributed by atoms with van der Waals surface area (Å²) in [5.41, 5.74) is 3.24. The predicted molar refractivity (Wildman–Crippen MR) is 112 cm³/mol. The fourth-order valence-electron chi connectivity index (χ4n) is 3.78. The summed E-state index contributed by atoms with van der Waals surface area (Å²) in [4.78, 5) is 4.75. The Morgan fingerprint density at radius 2 is 1.38 bits per heavy atom. The molecule has 0 bridgehead atoms. The third-order valence-electron chi connectivity index (χ3n) is 5.06. The van der Waals surface area contributed by atoms with Crippen LogP contribution in [-0.2, 0) is 0 Å². The highest BCUT2D eigenvalue weighted by molar-refractivity contribution is 6.12. The van der Waals surface area contributed by atoms with Gasteiger partial charge in [-0.15, -0.1) is 0 Å². The molecule has 0 unspecified atom stereocenters. The standard InChI is InChI=1S/C25H17N/c1-2-17-15-19-8-3-4-9-20(19)16-24(17)25-23-12-11-18-7-5-6-10-21(18)22(23)13-14-26-25/h2-16H,1H2. The zero-order valence-corrected chi connectivity index (χ0v) is 14.3. The first-order valence-corrected chi connectivity index (χ1v) is 8.77. The van der Waals surface area contributed by atoms with Gasteiger partial charge in [-0.05, 0) is 50.7 Å². The fourth-order valence-corrected chi connectivity index (χ4v) is 3.78. The Kier molecular flexibility index (Phi) is 3.32. The molecule has 0 aliphatic heterocycles. The third-order valence-corrected chi connectivity index (χ3v) is 5.06. The average molecular weight is 331 g/mol. The molecular weight excluding hydrogens is 314 g/mol. The van der Waals surface area contributed by atoms with Gasteiger partial charge in [0.1, 0.15) is 0 Å². The summed E-state index contributed by atoms with van der Waals surface area (Å²) < 4.78 is 0. The second-order valence-electron chi connectivity index (χ2n) is 6.53. The Hall–Kier alpha value is -3.45. The van der Waals surface area contributed by atoms with Gasteiger partial charge in [0.2, 0.25) is 0 Å². The van der Waals surface area contributed by atoms with Crippen LogP contribution in [0.15, 0.2) is 91.6 Å². The summed E-state index contributed by atoms with van der Waals surface area (Å²) in [5, 5.41) is 7.35. The number of nitrogens with zero attached hydrogens (tertiary/aromatic N) is 1. The van der Waals surface area contributed by atoms with Crippen molar-refractivity contribution in [1.29, 1.82) is 0 Å². The Balaban J connectivity index is 1.88. The molecule has 0 spiro atoms. The summed E-state index contributed by atoms with van der Waals surface area (Å²) in [6, 6.07) is 27.8. The SMILES string of the molecule is C=Cc1cc2ccccc2cc1-c1nccc2c1ccc1ccccc12. The molecule has 0 saturated heterocycles. The van der Waals surface area contributed by atoms with Crippen LogP contribution in [0.25, 0.3) is 49.7 Å². The Morgan fingerprint density at radius 1 is 0.654 bits per heavy atom. The van der Waals surface area contributed by atoms with E-state index in [1.54, 1.807) is 0 Å². The molecule has 5 aromatic rings. The van der Waals surface area contributed by atoms with Gasteiger partial charge in [0.05, 0.1) is 5.69 Å². The highest BCUT2D eigenvalue weighted by Crippen LogP contribution is 2.35. The van der Waals surface area contributed by atoms with Crippen molar-refractivity contribution < 1.29 is 0 Å². The molecule has 122 valence electrons. The van der Waals surface area contributed by atoms with Crippen LogP contribution in [0.5, 0.6) is 0 Å². The van der Waals surface area contributed by atoms with Crippen molar-refractivity contribution in [3.63, 3.8) is 0 Å². The van der Waals surface area contributed by atoms with Crippen molar-refractivity contribution in [3.05, 3.63) is 97.2 Å². The largest absolute Gasteiger partial charge is 0.256 e. The number of hydrogen-bond donors (Lipinski definition) is 0. The van der Waals surface area contributed by atoms with Gasteiger partial charge >= 0.3 is 0 Å². The van der Waals surface area contributed by atoms with Crippen LogP contribution in [0, 0.1) is 0 Å². The maximum Gasteiger partial charge on any atom is 0.0786 e. The van der Waals surface area contributed by atoms with E-state index in [0.717, 1.165) is 16.8 Å². The van der Waals surface area contributed by atoms with E-state index in [9.17, 15) is 0 Å². The third kappa shape index (κ3) is 2.21. The smallest absolute Gasteiger partial charge is 0.0786 e. The molecule has 4 aromatic carbocycles. The molecule has 0 radical (unpaired) electrons. The number of fused-ring (bicyclic) bond motifs is 4. The normalized spacial score (nSPS) is 11.2. The monoisotopic (exact) mass is 331 g/mol. The maximum atomic E-state index is 4.75. The number of rotatable bonds is 2. The molecular formula is C25H17N. The molecule has 0 amide bonds. The van der Waals surface area contributed by atoms with Crippen molar-refractivity contribution in [2.45, 2.75) is 0 Å². The van der Waals surface area contributed by atoms with Gasteiger partial charge in [0.25, 0.3) is 0 Å². The van der Waals surface area contributed by atoms with Crippen molar-refractivity contribution in [1.82, 2.24) is 4.98 Å². The first-order chi connectivity index (χ1) is 12.8. The first-order valence-electron chi connectivity index (χ1n) is 8.77. The lowest BCUT2D eigenvalue weighted by Crippen LogP contribution is -1.90. The molecule has 0 aliphatic carbocycles. The quantitative estimate of drug-likeness (QED) is 0.322. The van der Waals surface area contributed by atoms with Gasteiger partial charge in [0, 0.05) is 17.1 Å². The van der Waals surface area contributed by atoms with Crippen molar-refractivity contribution >= 4 is 38.4 Å². The summed E-state index contributed by atoms with van der Waals surface area (Å²) in [6.45, 7) is 4.03. The van der Waals surface area contributed by atoms with Gasteiger partial charge in [-0.2, -0.15) is 0 Å². The molecule has 26 heavy (non-hydrogen) atoms. The molecule has 1 heterocycles. The summed E-state index contributed by atoms with van der Waals surface area (Å²) in [6.07, 6.45) is 3.83. The second kappa shape index (κ2) is 5.82. The van der Waals surface area contributed by atoms with Crippen LogP contribution in [0.4, 0.5) is 0 Å². The number of hydrogen-bond acceptors (Lipinski definition) is 1. The molecule has 1 heteroatoms. The molecule has 0 N–H and O–H groups in total. The van der Waals surface area contributed by atoms with Crippen LogP contribution in [0.2, 0.25) is 0 Å². The first kappa shape index (κ1) is 14.9. The van der Waals surface area contributed by atoms with Crippen LogP contribution in [0.3, 0.4) is 0 Å². The molecule has 0 saturated carbocycles. The van der Waals surface area contributed by atoms with Crippen LogP contribution in [0.1, 0.15) is 5.56 Å². The average Bonchev–Trinajstić information content (AvgIpc) is 2.72. The summed E-state index contributed by atoms with van der Waals surface area (Å²) >= 11 is 0. The number of benzene rings is 4. The second-order valence-corrected chi connectivity index (χ2v) is 6.53. The summed E-state index contributed by atoms with van der Waals surface area (Å²) in [7, 11) is 0. The maximum absolute atomic E-state index is 4.75. The number of aromatic nitrogens is 1. The van der Waals surface area contributed by atoms with E-state index < -0.39 is 0 Å². The van der Waals surface area contributed by atoms with Crippen LogP contribution >= 0.6 is 0 Å². The van der Waals surface area contributed by atoms with Crippen molar-refractivity contribution in [3.8, 4) is 11.3 Å².